The number of aromatic nitrogens is 4. The highest BCUT2D eigenvalue weighted by molar-refractivity contribution is 5.50. The van der Waals surface area contributed by atoms with Crippen LogP contribution < -0.4 is 9.80 Å². The molecule has 0 N–H and O–H groups in total. The number of nitrogens with zero attached hydrogens (tertiary/aromatic N) is 6. The second-order valence-corrected chi connectivity index (χ2v) is 7.33. The van der Waals surface area contributed by atoms with E-state index < -0.39 is 0 Å². The average molecular weight is 356 g/mol. The van der Waals surface area contributed by atoms with Crippen LogP contribution in [-0.2, 0) is 11.3 Å². The van der Waals surface area contributed by atoms with Crippen LogP contribution in [0.5, 0.6) is 0 Å². The van der Waals surface area contributed by atoms with Crippen LogP contribution in [0.25, 0.3) is 0 Å². The molecule has 0 saturated carbocycles. The lowest BCUT2D eigenvalue weighted by Crippen LogP contribution is -2.45. The number of hydrogen-bond acceptors (Lipinski definition) is 6. The lowest BCUT2D eigenvalue weighted by atomic mass is 10.1. The van der Waals surface area contributed by atoms with Crippen LogP contribution in [0.15, 0.2) is 18.5 Å². The highest BCUT2D eigenvalue weighted by Crippen LogP contribution is 2.23. The molecule has 0 amide bonds. The van der Waals surface area contributed by atoms with Gasteiger partial charge in [-0.2, -0.15) is 5.10 Å². The third-order valence-corrected chi connectivity index (χ3v) is 5.26. The quantitative estimate of drug-likeness (QED) is 0.837. The van der Waals surface area contributed by atoms with Crippen molar-refractivity contribution in [1.82, 2.24) is 19.7 Å². The summed E-state index contributed by atoms with van der Waals surface area (Å²) in [4.78, 5) is 13.7. The highest BCUT2D eigenvalue weighted by Gasteiger charge is 2.24. The fraction of sp³-hybridized carbons (Fsp3) is 0.632. The van der Waals surface area contributed by atoms with Gasteiger partial charge < -0.3 is 14.5 Å². The van der Waals surface area contributed by atoms with E-state index in [0.29, 0.717) is 6.61 Å². The van der Waals surface area contributed by atoms with E-state index in [1.807, 2.05) is 11.6 Å². The van der Waals surface area contributed by atoms with Crippen LogP contribution in [0.1, 0.15) is 30.7 Å². The van der Waals surface area contributed by atoms with Gasteiger partial charge in [0.25, 0.3) is 0 Å². The van der Waals surface area contributed by atoms with Gasteiger partial charge in [0.1, 0.15) is 18.0 Å². The molecule has 26 heavy (non-hydrogen) atoms. The van der Waals surface area contributed by atoms with E-state index in [4.69, 9.17) is 4.74 Å². The molecule has 4 heterocycles. The standard InChI is InChI=1S/C19H28N6O/c1-15-10-16(2)25(22-15)13-17-12-24(8-9-26-17)19-11-18(20-14-21-19)23-6-4-3-5-7-23/h10-11,14,17H,3-9,12-13H2,1-2H3. The summed E-state index contributed by atoms with van der Waals surface area (Å²) in [6, 6.07) is 4.24. The maximum absolute atomic E-state index is 5.99. The molecule has 4 rings (SSSR count). The van der Waals surface area contributed by atoms with Crippen molar-refractivity contribution >= 4 is 11.6 Å². The topological polar surface area (TPSA) is 59.3 Å². The number of morpholine rings is 1. The summed E-state index contributed by atoms with van der Waals surface area (Å²) >= 11 is 0. The highest BCUT2D eigenvalue weighted by atomic mass is 16.5. The zero-order valence-electron chi connectivity index (χ0n) is 15.8. The first-order chi connectivity index (χ1) is 12.7. The van der Waals surface area contributed by atoms with E-state index in [0.717, 1.165) is 50.1 Å². The Bertz CT molecular complexity index is 739. The Balaban J connectivity index is 1.44. The van der Waals surface area contributed by atoms with Gasteiger partial charge in [-0.3, -0.25) is 4.68 Å². The van der Waals surface area contributed by atoms with Crippen molar-refractivity contribution in [2.45, 2.75) is 45.8 Å². The number of anilines is 2. The van der Waals surface area contributed by atoms with Crippen molar-refractivity contribution in [3.8, 4) is 0 Å². The molecule has 2 aliphatic rings. The first kappa shape index (κ1) is 17.3. The minimum absolute atomic E-state index is 0.121. The summed E-state index contributed by atoms with van der Waals surface area (Å²) in [5.41, 5.74) is 2.23. The van der Waals surface area contributed by atoms with Crippen LogP contribution >= 0.6 is 0 Å². The lowest BCUT2D eigenvalue weighted by Gasteiger charge is -2.34. The average Bonchev–Trinajstić information content (AvgIpc) is 3.00. The molecule has 0 aromatic carbocycles. The zero-order chi connectivity index (χ0) is 17.9. The molecule has 0 spiro atoms. The minimum Gasteiger partial charge on any atom is -0.373 e. The van der Waals surface area contributed by atoms with Crippen molar-refractivity contribution < 1.29 is 4.74 Å². The summed E-state index contributed by atoms with van der Waals surface area (Å²) in [6.45, 7) is 9.50. The van der Waals surface area contributed by atoms with E-state index in [1.54, 1.807) is 6.33 Å². The number of ether oxygens (including phenoxy) is 1. The Hall–Kier alpha value is -2.15. The van der Waals surface area contributed by atoms with E-state index in [2.05, 4.69) is 43.9 Å². The second-order valence-electron chi connectivity index (χ2n) is 7.33. The SMILES string of the molecule is Cc1cc(C)n(CC2CN(c3cc(N4CCCCC4)ncn3)CCO2)n1. The molecule has 7 nitrogen and oxygen atoms in total. The molecule has 2 aromatic heterocycles. The number of rotatable bonds is 4. The first-order valence-electron chi connectivity index (χ1n) is 9.63. The molecular formula is C19H28N6O. The summed E-state index contributed by atoms with van der Waals surface area (Å²) in [6.07, 6.45) is 5.65. The molecule has 0 bridgehead atoms. The van der Waals surface area contributed by atoms with Crippen molar-refractivity contribution in [2.75, 3.05) is 42.6 Å². The van der Waals surface area contributed by atoms with Gasteiger partial charge in [0.2, 0.25) is 0 Å². The Kier molecular flexibility index (Phi) is 5.06. The van der Waals surface area contributed by atoms with Crippen LogP contribution in [0, 0.1) is 13.8 Å². The van der Waals surface area contributed by atoms with Crippen LogP contribution in [0.4, 0.5) is 11.6 Å². The van der Waals surface area contributed by atoms with Crippen LogP contribution in [-0.4, -0.2) is 58.6 Å². The molecule has 1 atom stereocenters. The molecule has 2 aliphatic heterocycles. The summed E-state index contributed by atoms with van der Waals surface area (Å²) < 4.78 is 8.03. The van der Waals surface area contributed by atoms with Crippen molar-refractivity contribution in [2.24, 2.45) is 0 Å². The molecule has 2 fully saturated rings. The Morgan fingerprint density at radius 3 is 2.50 bits per heavy atom. The van der Waals surface area contributed by atoms with E-state index in [1.165, 1.54) is 25.0 Å². The molecular weight excluding hydrogens is 328 g/mol. The summed E-state index contributed by atoms with van der Waals surface area (Å²) in [7, 11) is 0. The van der Waals surface area contributed by atoms with E-state index in [9.17, 15) is 0 Å². The van der Waals surface area contributed by atoms with Gasteiger partial charge in [0.15, 0.2) is 0 Å². The maximum Gasteiger partial charge on any atom is 0.134 e. The monoisotopic (exact) mass is 356 g/mol. The first-order valence-corrected chi connectivity index (χ1v) is 9.63. The third-order valence-electron chi connectivity index (χ3n) is 5.26. The molecule has 2 saturated heterocycles. The Labute approximate surface area is 155 Å². The fourth-order valence-electron chi connectivity index (χ4n) is 3.90. The predicted molar refractivity (Wildman–Crippen MR) is 102 cm³/mol. The largest absolute Gasteiger partial charge is 0.373 e. The molecule has 7 heteroatoms. The second kappa shape index (κ2) is 7.61. The molecule has 140 valence electrons. The molecule has 0 aliphatic carbocycles. The van der Waals surface area contributed by atoms with Crippen molar-refractivity contribution in [3.63, 3.8) is 0 Å². The molecule has 0 radical (unpaired) electrons. The van der Waals surface area contributed by atoms with E-state index in [-0.39, 0.29) is 6.10 Å². The summed E-state index contributed by atoms with van der Waals surface area (Å²) in [5.74, 6) is 2.05. The zero-order valence-corrected chi connectivity index (χ0v) is 15.8. The lowest BCUT2D eigenvalue weighted by molar-refractivity contribution is 0.0267. The number of piperidine rings is 1. The van der Waals surface area contributed by atoms with Gasteiger partial charge >= 0.3 is 0 Å². The van der Waals surface area contributed by atoms with Gasteiger partial charge in [-0.25, -0.2) is 9.97 Å². The van der Waals surface area contributed by atoms with Gasteiger partial charge in [-0.1, -0.05) is 0 Å². The van der Waals surface area contributed by atoms with Crippen molar-refractivity contribution in [3.05, 3.63) is 29.8 Å². The van der Waals surface area contributed by atoms with Crippen LogP contribution in [0.2, 0.25) is 0 Å². The van der Waals surface area contributed by atoms with Gasteiger partial charge in [-0.05, 0) is 39.2 Å². The normalized spacial score (nSPS) is 21.2. The van der Waals surface area contributed by atoms with Gasteiger partial charge in [0.05, 0.1) is 24.9 Å². The van der Waals surface area contributed by atoms with E-state index >= 15 is 0 Å². The Morgan fingerprint density at radius 2 is 1.77 bits per heavy atom. The smallest absolute Gasteiger partial charge is 0.134 e. The summed E-state index contributed by atoms with van der Waals surface area (Å²) in [5, 5.41) is 4.56. The van der Waals surface area contributed by atoms with Gasteiger partial charge in [0, 0.05) is 37.9 Å². The molecule has 2 aromatic rings. The third kappa shape index (κ3) is 3.82. The fourth-order valence-corrected chi connectivity index (χ4v) is 3.90. The number of aryl methyl sites for hydroxylation is 2. The van der Waals surface area contributed by atoms with Crippen molar-refractivity contribution in [1.29, 1.82) is 0 Å². The molecule has 1 unspecified atom stereocenters. The van der Waals surface area contributed by atoms with Crippen LogP contribution in [0.3, 0.4) is 0 Å². The number of hydrogen-bond donors (Lipinski definition) is 0. The Morgan fingerprint density at radius 1 is 1.00 bits per heavy atom. The predicted octanol–water partition coefficient (Wildman–Crippen LogP) is 2.19. The van der Waals surface area contributed by atoms with Gasteiger partial charge in [-0.15, -0.1) is 0 Å². The maximum atomic E-state index is 5.99. The minimum atomic E-state index is 0.121.